The van der Waals surface area contributed by atoms with E-state index in [2.05, 4.69) is 36.6 Å². The lowest BCUT2D eigenvalue weighted by molar-refractivity contribution is -0.144. The zero-order valence-electron chi connectivity index (χ0n) is 31.2. The summed E-state index contributed by atoms with van der Waals surface area (Å²) in [6, 6.07) is -0.664. The van der Waals surface area contributed by atoms with Crippen LogP contribution in [-0.4, -0.2) is 105 Å². The Morgan fingerprint density at radius 3 is 1.89 bits per heavy atom. The average molecular weight is 759 g/mol. The fourth-order valence-corrected chi connectivity index (χ4v) is 5.48. The van der Waals surface area contributed by atoms with Crippen molar-refractivity contribution in [2.75, 3.05) is 6.54 Å². The highest BCUT2D eigenvalue weighted by molar-refractivity contribution is 5.98. The minimum Gasteiger partial charge on any atom is -0.481 e. The second-order valence-electron chi connectivity index (χ2n) is 13.8. The number of aliphatic imine (C=N–C) groups is 1. The molecule has 2 aromatic rings. The molecular formula is C35H54N10O9. The highest BCUT2D eigenvalue weighted by Crippen LogP contribution is 2.20. The number of rotatable bonds is 22. The molecule has 0 aliphatic rings. The second kappa shape index (κ2) is 21.1. The number of aromatic nitrogens is 1. The summed E-state index contributed by atoms with van der Waals surface area (Å²) in [5, 5.41) is 32.5. The maximum Gasteiger partial charge on any atom is 0.326 e. The number of amides is 5. The summed E-state index contributed by atoms with van der Waals surface area (Å²) in [6.45, 7) is 8.29. The van der Waals surface area contributed by atoms with Gasteiger partial charge in [0.1, 0.15) is 30.2 Å². The van der Waals surface area contributed by atoms with Gasteiger partial charge < -0.3 is 59.0 Å². The minimum atomic E-state index is -1.73. The molecule has 2 rings (SSSR count). The van der Waals surface area contributed by atoms with E-state index in [-0.39, 0.29) is 44.1 Å². The molecule has 14 N–H and O–H groups in total. The molecule has 0 radical (unpaired) electrons. The van der Waals surface area contributed by atoms with Crippen LogP contribution in [0.1, 0.15) is 65.9 Å². The van der Waals surface area contributed by atoms with E-state index >= 15 is 0 Å². The van der Waals surface area contributed by atoms with Gasteiger partial charge in [-0.1, -0.05) is 45.9 Å². The van der Waals surface area contributed by atoms with Crippen molar-refractivity contribution >= 4 is 58.3 Å². The van der Waals surface area contributed by atoms with E-state index in [0.717, 1.165) is 10.9 Å². The Balaban J connectivity index is 2.45. The van der Waals surface area contributed by atoms with Gasteiger partial charge in [0.25, 0.3) is 0 Å². The second-order valence-corrected chi connectivity index (χ2v) is 13.8. The van der Waals surface area contributed by atoms with Gasteiger partial charge in [-0.05, 0) is 49.7 Å². The van der Waals surface area contributed by atoms with Crippen LogP contribution in [0.25, 0.3) is 10.9 Å². The fraction of sp³-hybridized carbons (Fsp3) is 0.543. The van der Waals surface area contributed by atoms with Crippen LogP contribution < -0.4 is 43.8 Å². The standard InChI is InChI=1S/C35H54N10O9/c1-17(2)13-24(33(52)45-28(18(3)4)34(53)54)42-32(51)26(15-27(46)47)44-31(50)25(14-20-16-40-22-10-7-6-9-21(20)22)43-30(49)23(41-29(48)19(5)36)11-8-12-39-35(37)38/h6-7,9-10,16-19,23-26,28,40H,8,11-15,36H2,1-5H3,(H,41,48)(H,42,51)(H,43,49)(H,44,50)(H,45,52)(H,46,47)(H,53,54)(H4,37,38,39)/t19-,23-,24-,25-,26-,28-/m0/s1. The number of nitrogens with two attached hydrogens (primary N) is 3. The third-order valence-corrected chi connectivity index (χ3v) is 8.31. The summed E-state index contributed by atoms with van der Waals surface area (Å²) in [6.07, 6.45) is 0.973. The third kappa shape index (κ3) is 14.4. The fourth-order valence-electron chi connectivity index (χ4n) is 5.48. The van der Waals surface area contributed by atoms with Crippen molar-refractivity contribution in [3.63, 3.8) is 0 Å². The molecule has 0 aliphatic carbocycles. The molecule has 0 bridgehead atoms. The molecule has 54 heavy (non-hydrogen) atoms. The van der Waals surface area contributed by atoms with Gasteiger partial charge in [0.15, 0.2) is 5.96 Å². The molecule has 6 atom stereocenters. The lowest BCUT2D eigenvalue weighted by atomic mass is 9.99. The summed E-state index contributed by atoms with van der Waals surface area (Å²) in [7, 11) is 0. The van der Waals surface area contributed by atoms with Gasteiger partial charge in [-0.15, -0.1) is 0 Å². The topological polar surface area (TPSA) is 326 Å². The van der Waals surface area contributed by atoms with Crippen molar-refractivity contribution in [3.05, 3.63) is 36.0 Å². The number of hydrogen-bond acceptors (Lipinski definition) is 9. The highest BCUT2D eigenvalue weighted by atomic mass is 16.4. The Kier molecular flexibility index (Phi) is 17.4. The SMILES string of the molecule is CC(C)C[C@H](NC(=O)[C@H](CC(=O)O)NC(=O)[C@H](Cc1c[nH]c2ccccc12)NC(=O)[C@H](CCCN=C(N)N)NC(=O)[C@H](C)N)C(=O)N[C@H](C(=O)O)C(C)C. The number of H-pyrrole nitrogens is 1. The van der Waals surface area contributed by atoms with Crippen LogP contribution >= 0.6 is 0 Å². The van der Waals surface area contributed by atoms with E-state index in [1.54, 1.807) is 58.2 Å². The van der Waals surface area contributed by atoms with E-state index in [9.17, 15) is 43.8 Å². The summed E-state index contributed by atoms with van der Waals surface area (Å²) < 4.78 is 0. The van der Waals surface area contributed by atoms with Crippen molar-refractivity contribution in [1.82, 2.24) is 31.6 Å². The lowest BCUT2D eigenvalue weighted by Crippen LogP contribution is -2.60. The molecule has 298 valence electrons. The number of aliphatic carboxylic acids is 2. The maximum absolute atomic E-state index is 14.0. The van der Waals surface area contributed by atoms with Gasteiger partial charge >= 0.3 is 11.9 Å². The number of guanidine groups is 1. The number of carbonyl (C=O) groups excluding carboxylic acids is 5. The van der Waals surface area contributed by atoms with E-state index in [1.807, 2.05) is 0 Å². The van der Waals surface area contributed by atoms with Crippen LogP contribution in [0.5, 0.6) is 0 Å². The normalized spacial score (nSPS) is 14.5. The van der Waals surface area contributed by atoms with Crippen molar-refractivity contribution in [2.24, 2.45) is 34.0 Å². The van der Waals surface area contributed by atoms with Gasteiger partial charge in [0, 0.05) is 30.1 Å². The number of nitrogens with one attached hydrogen (secondary N) is 6. The molecule has 1 aromatic heterocycles. The predicted octanol–water partition coefficient (Wildman–Crippen LogP) is -1.20. The number of hydrogen-bond donors (Lipinski definition) is 11. The first-order valence-corrected chi connectivity index (χ1v) is 17.6. The summed E-state index contributed by atoms with van der Waals surface area (Å²) in [5.74, 6) is -7.74. The average Bonchev–Trinajstić information content (AvgIpc) is 3.48. The zero-order valence-corrected chi connectivity index (χ0v) is 31.2. The number of para-hydroxylation sites is 1. The van der Waals surface area contributed by atoms with Crippen LogP contribution in [0.15, 0.2) is 35.5 Å². The Labute approximate surface area is 313 Å². The summed E-state index contributed by atoms with van der Waals surface area (Å²) in [4.78, 5) is 97.8. The van der Waals surface area contributed by atoms with Crippen LogP contribution in [0.4, 0.5) is 0 Å². The van der Waals surface area contributed by atoms with Gasteiger partial charge in [-0.25, -0.2) is 4.79 Å². The maximum atomic E-state index is 14.0. The third-order valence-electron chi connectivity index (χ3n) is 8.31. The number of fused-ring (bicyclic) bond motifs is 1. The van der Waals surface area contributed by atoms with Crippen LogP contribution in [0, 0.1) is 11.8 Å². The van der Waals surface area contributed by atoms with E-state index < -0.39 is 90.1 Å². The largest absolute Gasteiger partial charge is 0.481 e. The molecule has 19 nitrogen and oxygen atoms in total. The molecular weight excluding hydrogens is 704 g/mol. The first-order chi connectivity index (χ1) is 25.3. The number of nitrogens with zero attached hydrogens (tertiary/aromatic N) is 1. The summed E-state index contributed by atoms with van der Waals surface area (Å²) >= 11 is 0. The molecule has 1 aromatic carbocycles. The molecule has 1 heterocycles. The smallest absolute Gasteiger partial charge is 0.326 e. The van der Waals surface area contributed by atoms with Crippen molar-refractivity contribution < 1.29 is 43.8 Å². The molecule has 0 saturated carbocycles. The van der Waals surface area contributed by atoms with E-state index in [0.29, 0.717) is 5.56 Å². The van der Waals surface area contributed by atoms with Gasteiger partial charge in [0.2, 0.25) is 29.5 Å². The Morgan fingerprint density at radius 1 is 0.759 bits per heavy atom. The summed E-state index contributed by atoms with van der Waals surface area (Å²) in [5.41, 5.74) is 17.8. The zero-order chi connectivity index (χ0) is 40.7. The molecule has 0 saturated heterocycles. The quantitative estimate of drug-likeness (QED) is 0.0383. The Bertz CT molecular complexity index is 1670. The van der Waals surface area contributed by atoms with Gasteiger partial charge in [-0.2, -0.15) is 0 Å². The first-order valence-electron chi connectivity index (χ1n) is 17.6. The van der Waals surface area contributed by atoms with E-state index in [1.165, 1.54) is 6.92 Å². The van der Waals surface area contributed by atoms with Crippen molar-refractivity contribution in [2.45, 2.75) is 103 Å². The molecule has 0 unspecified atom stereocenters. The van der Waals surface area contributed by atoms with Gasteiger partial charge in [0.05, 0.1) is 12.5 Å². The highest BCUT2D eigenvalue weighted by Gasteiger charge is 2.34. The Hall–Kier alpha value is -5.72. The minimum absolute atomic E-state index is 0.0470. The number of carboxylic acid groups (broad SMARTS) is 2. The Morgan fingerprint density at radius 2 is 1.31 bits per heavy atom. The first kappa shape index (κ1) is 44.4. The van der Waals surface area contributed by atoms with Crippen molar-refractivity contribution in [3.8, 4) is 0 Å². The number of aromatic amines is 1. The number of carboxylic acids is 2. The molecule has 0 fully saturated rings. The molecule has 0 spiro atoms. The van der Waals surface area contributed by atoms with E-state index in [4.69, 9.17) is 17.2 Å². The molecule has 5 amide bonds. The van der Waals surface area contributed by atoms with Crippen LogP contribution in [0.2, 0.25) is 0 Å². The predicted molar refractivity (Wildman–Crippen MR) is 199 cm³/mol. The molecule has 19 heteroatoms. The lowest BCUT2D eigenvalue weighted by Gasteiger charge is -2.27. The van der Waals surface area contributed by atoms with Gasteiger partial charge in [-0.3, -0.25) is 33.8 Å². The van der Waals surface area contributed by atoms with Crippen LogP contribution in [0.3, 0.4) is 0 Å². The van der Waals surface area contributed by atoms with Crippen molar-refractivity contribution in [1.29, 1.82) is 0 Å². The monoisotopic (exact) mass is 758 g/mol. The number of benzene rings is 1. The number of carbonyl (C=O) groups is 7. The van der Waals surface area contributed by atoms with Crippen LogP contribution in [-0.2, 0) is 40.0 Å². The molecule has 0 aliphatic heterocycles.